The minimum Gasteiger partial charge on any atom is -0.394 e. The fraction of sp³-hybridized carbons (Fsp3) is 0.900. The van der Waals surface area contributed by atoms with Gasteiger partial charge in [0, 0.05) is 13.5 Å². The van der Waals surface area contributed by atoms with Gasteiger partial charge in [0.2, 0.25) is 5.91 Å². The number of hydrogen-bond acceptors (Lipinski definition) is 3. The molecule has 1 rings (SSSR count). The number of piperidine rings is 1. The van der Waals surface area contributed by atoms with E-state index in [-0.39, 0.29) is 18.6 Å². The van der Waals surface area contributed by atoms with E-state index in [9.17, 15) is 4.79 Å². The van der Waals surface area contributed by atoms with Crippen LogP contribution in [0.25, 0.3) is 0 Å². The van der Waals surface area contributed by atoms with Crippen LogP contribution in [0.2, 0.25) is 0 Å². The number of nitrogens with zero attached hydrogens (tertiary/aromatic N) is 1. The Balaban J connectivity index is 2.34. The van der Waals surface area contributed by atoms with Crippen LogP contribution in [0, 0.1) is 0 Å². The Bertz CT molecular complexity index is 184. The summed E-state index contributed by atoms with van der Waals surface area (Å²) >= 11 is 0. The molecule has 1 aliphatic rings. The van der Waals surface area contributed by atoms with Gasteiger partial charge >= 0.3 is 0 Å². The highest BCUT2D eigenvalue weighted by Gasteiger charge is 2.23. The Hall–Kier alpha value is -0.610. The molecule has 0 radical (unpaired) electrons. The van der Waals surface area contributed by atoms with Crippen LogP contribution >= 0.6 is 0 Å². The van der Waals surface area contributed by atoms with E-state index in [2.05, 4.69) is 0 Å². The first-order chi connectivity index (χ1) is 6.75. The molecule has 0 bridgehead atoms. The van der Waals surface area contributed by atoms with Gasteiger partial charge in [-0.2, -0.15) is 0 Å². The average molecular weight is 201 g/mol. The van der Waals surface area contributed by atoms with Crippen molar-refractivity contribution in [2.24, 2.45) is 0 Å². The third kappa shape index (κ3) is 3.27. The van der Waals surface area contributed by atoms with E-state index in [0.717, 1.165) is 25.8 Å². The monoisotopic (exact) mass is 201 g/mol. The topological polar surface area (TPSA) is 49.8 Å². The van der Waals surface area contributed by atoms with Gasteiger partial charge in [-0.25, -0.2) is 0 Å². The summed E-state index contributed by atoms with van der Waals surface area (Å²) in [6.07, 6.45) is 3.28. The lowest BCUT2D eigenvalue weighted by Gasteiger charge is -2.34. The Kier molecular flexibility index (Phi) is 4.90. The van der Waals surface area contributed by atoms with Gasteiger partial charge in [0.15, 0.2) is 0 Å². The third-order valence-electron chi connectivity index (χ3n) is 2.58. The highest BCUT2D eigenvalue weighted by atomic mass is 16.5. The van der Waals surface area contributed by atoms with Crippen molar-refractivity contribution < 1.29 is 14.6 Å². The van der Waals surface area contributed by atoms with E-state index in [1.54, 1.807) is 6.92 Å². The quantitative estimate of drug-likeness (QED) is 0.670. The van der Waals surface area contributed by atoms with Gasteiger partial charge in [0.1, 0.15) is 0 Å². The summed E-state index contributed by atoms with van der Waals surface area (Å²) in [5.41, 5.74) is 0. The first-order valence-electron chi connectivity index (χ1n) is 5.21. The lowest BCUT2D eigenvalue weighted by molar-refractivity contribution is -0.134. The molecule has 1 N–H and O–H groups in total. The van der Waals surface area contributed by atoms with Crippen LogP contribution in [0.1, 0.15) is 26.2 Å². The number of likely N-dealkylation sites (tertiary alicyclic amines) is 1. The number of ether oxygens (including phenoxy) is 1. The molecule has 1 amide bonds. The predicted octanol–water partition coefficient (Wildman–Crippen LogP) is 0.396. The zero-order valence-corrected chi connectivity index (χ0v) is 8.74. The maximum Gasteiger partial charge on any atom is 0.219 e. The van der Waals surface area contributed by atoms with Crippen LogP contribution in [0.3, 0.4) is 0 Å². The molecule has 0 aliphatic carbocycles. The highest BCUT2D eigenvalue weighted by Crippen LogP contribution is 2.17. The molecule has 4 nitrogen and oxygen atoms in total. The van der Waals surface area contributed by atoms with Crippen molar-refractivity contribution in [2.75, 3.05) is 26.4 Å². The Morgan fingerprint density at radius 3 is 3.00 bits per heavy atom. The molecule has 1 heterocycles. The molecule has 0 unspecified atom stereocenters. The van der Waals surface area contributed by atoms with Crippen LogP contribution in [0.4, 0.5) is 0 Å². The van der Waals surface area contributed by atoms with E-state index < -0.39 is 0 Å². The fourth-order valence-electron chi connectivity index (χ4n) is 1.87. The lowest BCUT2D eigenvalue weighted by atomic mass is 10.0. The van der Waals surface area contributed by atoms with E-state index in [1.807, 2.05) is 4.90 Å². The maximum atomic E-state index is 11.3. The Morgan fingerprint density at radius 2 is 2.36 bits per heavy atom. The number of carbonyl (C=O) groups is 1. The van der Waals surface area contributed by atoms with Crippen molar-refractivity contribution in [2.45, 2.75) is 32.2 Å². The van der Waals surface area contributed by atoms with Crippen molar-refractivity contribution in [1.82, 2.24) is 4.90 Å². The van der Waals surface area contributed by atoms with Crippen LogP contribution in [-0.2, 0) is 9.53 Å². The molecule has 1 fully saturated rings. The zero-order chi connectivity index (χ0) is 10.4. The van der Waals surface area contributed by atoms with Gasteiger partial charge < -0.3 is 14.7 Å². The van der Waals surface area contributed by atoms with Gasteiger partial charge in [-0.15, -0.1) is 0 Å². The number of aliphatic hydroxyl groups is 1. The zero-order valence-electron chi connectivity index (χ0n) is 8.74. The summed E-state index contributed by atoms with van der Waals surface area (Å²) in [5, 5.41) is 8.57. The number of aliphatic hydroxyl groups excluding tert-OH is 1. The van der Waals surface area contributed by atoms with Crippen molar-refractivity contribution in [3.8, 4) is 0 Å². The van der Waals surface area contributed by atoms with Crippen LogP contribution in [-0.4, -0.2) is 48.3 Å². The number of carbonyl (C=O) groups excluding carboxylic acids is 1. The number of hydrogen-bond donors (Lipinski definition) is 1. The minimum absolute atomic E-state index is 0.0484. The smallest absolute Gasteiger partial charge is 0.219 e. The standard InChI is InChI=1S/C10H19NO3/c1-9(13)11-5-3-2-4-10(11)8-14-7-6-12/h10,12H,2-8H2,1H3/t10-/m1/s1. The largest absolute Gasteiger partial charge is 0.394 e. The van der Waals surface area contributed by atoms with Crippen LogP contribution in [0.15, 0.2) is 0 Å². The molecule has 0 aromatic carbocycles. The molecule has 4 heteroatoms. The molecule has 0 aromatic rings. The van der Waals surface area contributed by atoms with E-state index in [1.165, 1.54) is 0 Å². The summed E-state index contributed by atoms with van der Waals surface area (Å²) in [5.74, 6) is 0.127. The van der Waals surface area contributed by atoms with Gasteiger partial charge in [-0.1, -0.05) is 0 Å². The molecule has 82 valence electrons. The second-order valence-corrected chi connectivity index (χ2v) is 3.66. The molecule has 1 aliphatic heterocycles. The second-order valence-electron chi connectivity index (χ2n) is 3.66. The normalized spacial score (nSPS) is 22.4. The second kappa shape index (κ2) is 5.98. The van der Waals surface area contributed by atoms with Gasteiger partial charge in [0.05, 0.1) is 25.9 Å². The Labute approximate surface area is 84.8 Å². The summed E-state index contributed by atoms with van der Waals surface area (Å²) in [6, 6.07) is 0.216. The third-order valence-corrected chi connectivity index (χ3v) is 2.58. The average Bonchev–Trinajstić information content (AvgIpc) is 2.19. The Morgan fingerprint density at radius 1 is 1.57 bits per heavy atom. The maximum absolute atomic E-state index is 11.3. The minimum atomic E-state index is 0.0484. The lowest BCUT2D eigenvalue weighted by Crippen LogP contribution is -2.45. The molecule has 0 aromatic heterocycles. The first-order valence-corrected chi connectivity index (χ1v) is 5.21. The summed E-state index contributed by atoms with van der Waals surface area (Å²) in [6.45, 7) is 3.42. The predicted molar refractivity (Wildman–Crippen MR) is 52.9 cm³/mol. The molecular weight excluding hydrogens is 182 g/mol. The van der Waals surface area contributed by atoms with E-state index in [0.29, 0.717) is 13.2 Å². The molecular formula is C10H19NO3. The molecule has 0 spiro atoms. The number of amides is 1. The van der Waals surface area contributed by atoms with E-state index >= 15 is 0 Å². The molecule has 1 atom stereocenters. The molecule has 14 heavy (non-hydrogen) atoms. The van der Waals surface area contributed by atoms with Crippen molar-refractivity contribution in [3.63, 3.8) is 0 Å². The van der Waals surface area contributed by atoms with Gasteiger partial charge in [-0.05, 0) is 19.3 Å². The van der Waals surface area contributed by atoms with Gasteiger partial charge in [0.25, 0.3) is 0 Å². The summed E-state index contributed by atoms with van der Waals surface area (Å²) in [4.78, 5) is 13.1. The fourth-order valence-corrected chi connectivity index (χ4v) is 1.87. The van der Waals surface area contributed by atoms with Crippen molar-refractivity contribution >= 4 is 5.91 Å². The highest BCUT2D eigenvalue weighted by molar-refractivity contribution is 5.73. The van der Waals surface area contributed by atoms with Crippen LogP contribution in [0.5, 0.6) is 0 Å². The van der Waals surface area contributed by atoms with Crippen molar-refractivity contribution in [3.05, 3.63) is 0 Å². The molecule has 0 saturated carbocycles. The summed E-state index contributed by atoms with van der Waals surface area (Å²) < 4.78 is 5.26. The SMILES string of the molecule is CC(=O)N1CCCC[C@@H]1COCCO. The number of rotatable bonds is 4. The van der Waals surface area contributed by atoms with Crippen LogP contribution < -0.4 is 0 Å². The van der Waals surface area contributed by atoms with Crippen molar-refractivity contribution in [1.29, 1.82) is 0 Å². The molecule has 1 saturated heterocycles. The van der Waals surface area contributed by atoms with Gasteiger partial charge in [-0.3, -0.25) is 4.79 Å². The van der Waals surface area contributed by atoms with E-state index in [4.69, 9.17) is 9.84 Å². The first kappa shape index (κ1) is 11.5. The summed E-state index contributed by atoms with van der Waals surface area (Å²) in [7, 11) is 0.